The van der Waals surface area contributed by atoms with Crippen molar-refractivity contribution in [2.75, 3.05) is 0 Å². The van der Waals surface area contributed by atoms with Crippen molar-refractivity contribution in [1.82, 2.24) is 15.1 Å². The summed E-state index contributed by atoms with van der Waals surface area (Å²) in [5, 5.41) is 6.61. The lowest BCUT2D eigenvalue weighted by molar-refractivity contribution is 0.237. The largest absolute Gasteiger partial charge is 0.342 e. The van der Waals surface area contributed by atoms with Crippen LogP contribution in [0.5, 0.6) is 0 Å². The Bertz CT molecular complexity index is 278. The van der Waals surface area contributed by atoms with Gasteiger partial charge in [0.1, 0.15) is 0 Å². The lowest BCUT2D eigenvalue weighted by Gasteiger charge is -2.06. The van der Waals surface area contributed by atoms with E-state index in [9.17, 15) is 4.79 Å². The van der Waals surface area contributed by atoms with Crippen molar-refractivity contribution in [1.29, 1.82) is 0 Å². The molecule has 0 saturated heterocycles. The predicted molar refractivity (Wildman–Crippen MR) is 46.0 cm³/mol. The van der Waals surface area contributed by atoms with Gasteiger partial charge in [-0.1, -0.05) is 0 Å². The Morgan fingerprint density at radius 1 is 1.67 bits per heavy atom. The molecule has 4 nitrogen and oxygen atoms in total. The monoisotopic (exact) mass is 167 g/mol. The van der Waals surface area contributed by atoms with Gasteiger partial charge in [-0.3, -0.25) is 0 Å². The number of amides is 1. The lowest BCUT2D eigenvalue weighted by Crippen LogP contribution is -2.34. The van der Waals surface area contributed by atoms with Gasteiger partial charge in [0.15, 0.2) is 0 Å². The maximum atomic E-state index is 11.3. The fourth-order valence-electron chi connectivity index (χ4n) is 0.837. The van der Waals surface area contributed by atoms with Crippen molar-refractivity contribution in [3.8, 4) is 0 Å². The van der Waals surface area contributed by atoms with Gasteiger partial charge in [-0.2, -0.15) is 9.78 Å². The Balaban J connectivity index is 2.65. The van der Waals surface area contributed by atoms with Gasteiger partial charge in [-0.05, 0) is 26.3 Å². The van der Waals surface area contributed by atoms with E-state index in [1.54, 1.807) is 12.4 Å². The summed E-state index contributed by atoms with van der Waals surface area (Å²) in [6, 6.07) is -0.0416. The van der Waals surface area contributed by atoms with Crippen LogP contribution in [0.4, 0.5) is 4.79 Å². The summed E-state index contributed by atoms with van der Waals surface area (Å²) in [5.41, 5.74) is 0.980. The molecule has 1 amide bonds. The van der Waals surface area contributed by atoms with Gasteiger partial charge in [-0.25, -0.2) is 4.79 Å². The third-order valence-electron chi connectivity index (χ3n) is 1.33. The number of carbonyl (C=O) groups is 1. The molecule has 0 aliphatic heterocycles. The summed E-state index contributed by atoms with van der Waals surface area (Å²) >= 11 is 0. The zero-order valence-electron chi connectivity index (χ0n) is 7.53. The van der Waals surface area contributed by atoms with E-state index in [4.69, 9.17) is 0 Å². The number of nitrogens with zero attached hydrogens (tertiary/aromatic N) is 2. The first-order valence-electron chi connectivity index (χ1n) is 3.91. The number of rotatable bonds is 1. The SMILES string of the molecule is Cc1cnn(C(=O)NC(C)C)c1. The molecule has 0 fully saturated rings. The molecule has 0 bridgehead atoms. The topological polar surface area (TPSA) is 46.9 Å². The molecule has 0 unspecified atom stereocenters. The normalized spacial score (nSPS) is 10.3. The Labute approximate surface area is 71.6 Å². The van der Waals surface area contributed by atoms with E-state index in [0.717, 1.165) is 5.56 Å². The minimum Gasteiger partial charge on any atom is -0.334 e. The molecular weight excluding hydrogens is 154 g/mol. The fraction of sp³-hybridized carbons (Fsp3) is 0.500. The smallest absolute Gasteiger partial charge is 0.334 e. The highest BCUT2D eigenvalue weighted by atomic mass is 16.2. The molecule has 1 rings (SSSR count). The summed E-state index contributed by atoms with van der Waals surface area (Å²) in [6.45, 7) is 5.72. The van der Waals surface area contributed by atoms with Crippen molar-refractivity contribution in [2.24, 2.45) is 0 Å². The molecule has 0 aliphatic carbocycles. The van der Waals surface area contributed by atoms with Crippen LogP contribution in [0.3, 0.4) is 0 Å². The highest BCUT2D eigenvalue weighted by Crippen LogP contribution is 1.93. The van der Waals surface area contributed by atoms with Crippen molar-refractivity contribution in [3.63, 3.8) is 0 Å². The minimum atomic E-state index is -0.182. The molecule has 12 heavy (non-hydrogen) atoms. The molecule has 1 aromatic rings. The van der Waals surface area contributed by atoms with Crippen molar-refractivity contribution >= 4 is 6.03 Å². The molecule has 1 N–H and O–H groups in total. The summed E-state index contributed by atoms with van der Waals surface area (Å²) in [5.74, 6) is 0. The molecule has 0 aliphatic rings. The van der Waals surface area contributed by atoms with Crippen molar-refractivity contribution in [3.05, 3.63) is 18.0 Å². The molecule has 0 atom stereocenters. The molecule has 4 heteroatoms. The molecule has 1 aromatic heterocycles. The van der Waals surface area contributed by atoms with Crippen LogP contribution >= 0.6 is 0 Å². The standard InChI is InChI=1S/C8H13N3O/c1-6(2)10-8(12)11-5-7(3)4-9-11/h4-6H,1-3H3,(H,10,12). The second-order valence-electron chi connectivity index (χ2n) is 3.07. The number of aryl methyl sites for hydroxylation is 1. The number of hydrogen-bond acceptors (Lipinski definition) is 2. The quantitative estimate of drug-likeness (QED) is 0.682. The number of nitrogens with one attached hydrogen (secondary N) is 1. The van der Waals surface area contributed by atoms with Crippen LogP contribution in [-0.4, -0.2) is 21.9 Å². The Morgan fingerprint density at radius 3 is 2.75 bits per heavy atom. The average molecular weight is 167 g/mol. The van der Waals surface area contributed by atoms with Crippen LogP contribution in [0.1, 0.15) is 19.4 Å². The van der Waals surface area contributed by atoms with E-state index in [1.807, 2.05) is 20.8 Å². The molecule has 0 aromatic carbocycles. The Hall–Kier alpha value is -1.32. The second kappa shape index (κ2) is 3.38. The van der Waals surface area contributed by atoms with Gasteiger partial charge in [0.2, 0.25) is 0 Å². The average Bonchev–Trinajstić information content (AvgIpc) is 2.34. The molecule has 0 spiro atoms. The summed E-state index contributed by atoms with van der Waals surface area (Å²) in [7, 11) is 0. The molecule has 66 valence electrons. The first-order chi connectivity index (χ1) is 5.59. The number of hydrogen-bond donors (Lipinski definition) is 1. The van der Waals surface area contributed by atoms with Crippen LogP contribution in [0, 0.1) is 6.92 Å². The third kappa shape index (κ3) is 2.08. The summed E-state index contributed by atoms with van der Waals surface area (Å²) in [6.07, 6.45) is 3.34. The summed E-state index contributed by atoms with van der Waals surface area (Å²) in [4.78, 5) is 11.3. The zero-order valence-corrected chi connectivity index (χ0v) is 7.53. The highest BCUT2D eigenvalue weighted by Gasteiger charge is 2.05. The van der Waals surface area contributed by atoms with Crippen LogP contribution in [-0.2, 0) is 0 Å². The van der Waals surface area contributed by atoms with E-state index < -0.39 is 0 Å². The second-order valence-corrected chi connectivity index (χ2v) is 3.07. The number of carbonyl (C=O) groups excluding carboxylic acids is 1. The van der Waals surface area contributed by atoms with Gasteiger partial charge in [0, 0.05) is 12.2 Å². The highest BCUT2D eigenvalue weighted by molar-refractivity contribution is 5.75. The van der Waals surface area contributed by atoms with E-state index in [2.05, 4.69) is 10.4 Å². The Kier molecular flexibility index (Phi) is 2.47. The fourth-order valence-corrected chi connectivity index (χ4v) is 0.837. The van der Waals surface area contributed by atoms with Crippen LogP contribution in [0.25, 0.3) is 0 Å². The zero-order chi connectivity index (χ0) is 9.14. The van der Waals surface area contributed by atoms with Crippen LogP contribution < -0.4 is 5.32 Å². The molecule has 1 heterocycles. The molecular formula is C8H13N3O. The lowest BCUT2D eigenvalue weighted by atomic mass is 10.4. The van der Waals surface area contributed by atoms with Gasteiger partial charge in [-0.15, -0.1) is 0 Å². The van der Waals surface area contributed by atoms with Crippen LogP contribution in [0.15, 0.2) is 12.4 Å². The van der Waals surface area contributed by atoms with Gasteiger partial charge >= 0.3 is 6.03 Å². The van der Waals surface area contributed by atoms with E-state index in [0.29, 0.717) is 0 Å². The molecule has 0 saturated carbocycles. The predicted octanol–water partition coefficient (Wildman–Crippen LogP) is 1.16. The summed E-state index contributed by atoms with van der Waals surface area (Å²) < 4.78 is 1.30. The van der Waals surface area contributed by atoms with E-state index in [-0.39, 0.29) is 12.1 Å². The first-order valence-corrected chi connectivity index (χ1v) is 3.91. The van der Waals surface area contributed by atoms with Gasteiger partial charge < -0.3 is 5.32 Å². The third-order valence-corrected chi connectivity index (χ3v) is 1.33. The Morgan fingerprint density at radius 2 is 2.33 bits per heavy atom. The van der Waals surface area contributed by atoms with Gasteiger partial charge in [0.05, 0.1) is 6.20 Å². The first kappa shape index (κ1) is 8.77. The number of aromatic nitrogens is 2. The van der Waals surface area contributed by atoms with E-state index in [1.165, 1.54) is 4.68 Å². The van der Waals surface area contributed by atoms with E-state index >= 15 is 0 Å². The van der Waals surface area contributed by atoms with Gasteiger partial charge in [0.25, 0.3) is 0 Å². The van der Waals surface area contributed by atoms with Crippen LogP contribution in [0.2, 0.25) is 0 Å². The minimum absolute atomic E-state index is 0.141. The molecule has 0 radical (unpaired) electrons. The maximum absolute atomic E-state index is 11.3. The maximum Gasteiger partial charge on any atom is 0.342 e. The van der Waals surface area contributed by atoms with Crippen molar-refractivity contribution in [2.45, 2.75) is 26.8 Å². The van der Waals surface area contributed by atoms with Crippen molar-refractivity contribution < 1.29 is 4.79 Å².